The van der Waals surface area contributed by atoms with E-state index in [9.17, 15) is 4.79 Å². The zero-order valence-electron chi connectivity index (χ0n) is 14.4. The van der Waals surface area contributed by atoms with Crippen LogP contribution in [-0.4, -0.2) is 66.1 Å². The van der Waals surface area contributed by atoms with Gasteiger partial charge in [0.05, 0.1) is 18.2 Å². The van der Waals surface area contributed by atoms with Crippen molar-refractivity contribution in [1.29, 1.82) is 0 Å². The molecule has 1 aromatic rings. The second-order valence-corrected chi connectivity index (χ2v) is 8.46. The Morgan fingerprint density at radius 3 is 2.79 bits per heavy atom. The molecule has 3 aliphatic rings. The smallest absolute Gasteiger partial charge is 0.273 e. The van der Waals surface area contributed by atoms with Gasteiger partial charge >= 0.3 is 0 Å². The number of rotatable bonds is 4. The van der Waals surface area contributed by atoms with Gasteiger partial charge in [0.25, 0.3) is 5.91 Å². The molecule has 6 heteroatoms. The van der Waals surface area contributed by atoms with Gasteiger partial charge in [0.1, 0.15) is 5.69 Å². The fourth-order valence-corrected chi connectivity index (χ4v) is 5.21. The molecule has 4 rings (SSSR count). The molecule has 132 valence electrons. The molecule has 0 aromatic carbocycles. The number of carbonyl (C=O) groups is 1. The summed E-state index contributed by atoms with van der Waals surface area (Å²) in [6.07, 6.45) is 7.67. The number of nitrogens with zero attached hydrogens (tertiary/aromatic N) is 3. The van der Waals surface area contributed by atoms with E-state index in [0.29, 0.717) is 12.3 Å². The standard InChI is InChI=1S/C18H27N3O2S/c1-23-10-15-9-18(5-7-20(8-6-18)14-3-2-4-14)12-21(15)17(22)16-11-24-13-19-16/h11,13-15H,2-10,12H2,1H3/t15-/m1/s1. The fourth-order valence-electron chi connectivity index (χ4n) is 4.69. The van der Waals surface area contributed by atoms with E-state index in [1.807, 2.05) is 10.3 Å². The fraction of sp³-hybridized carbons (Fsp3) is 0.778. The highest BCUT2D eigenvalue weighted by molar-refractivity contribution is 7.07. The summed E-state index contributed by atoms with van der Waals surface area (Å²) in [5.74, 6) is 0.0802. The third kappa shape index (κ3) is 3.00. The molecule has 3 fully saturated rings. The molecule has 2 saturated heterocycles. The van der Waals surface area contributed by atoms with Crippen molar-refractivity contribution in [2.75, 3.05) is 33.4 Å². The van der Waals surface area contributed by atoms with E-state index in [1.165, 1.54) is 56.5 Å². The molecule has 1 saturated carbocycles. The number of thiazole rings is 1. The van der Waals surface area contributed by atoms with Crippen LogP contribution in [0.15, 0.2) is 10.9 Å². The molecule has 0 radical (unpaired) electrons. The maximum Gasteiger partial charge on any atom is 0.273 e. The predicted molar refractivity (Wildman–Crippen MR) is 94.3 cm³/mol. The van der Waals surface area contributed by atoms with Crippen molar-refractivity contribution < 1.29 is 9.53 Å². The minimum atomic E-state index is 0.0802. The summed E-state index contributed by atoms with van der Waals surface area (Å²) in [5, 5.41) is 1.86. The van der Waals surface area contributed by atoms with Gasteiger partial charge in [-0.05, 0) is 50.6 Å². The van der Waals surface area contributed by atoms with Crippen molar-refractivity contribution in [2.24, 2.45) is 5.41 Å². The van der Waals surface area contributed by atoms with Crippen LogP contribution in [0, 0.1) is 5.41 Å². The molecule has 1 spiro atoms. The Bertz CT molecular complexity index is 565. The lowest BCUT2D eigenvalue weighted by Gasteiger charge is -2.45. The molecular weight excluding hydrogens is 322 g/mol. The first-order chi connectivity index (χ1) is 11.7. The number of hydrogen-bond donors (Lipinski definition) is 0. The van der Waals surface area contributed by atoms with Crippen LogP contribution >= 0.6 is 11.3 Å². The first kappa shape index (κ1) is 16.5. The first-order valence-electron chi connectivity index (χ1n) is 9.13. The summed E-state index contributed by atoms with van der Waals surface area (Å²) in [4.78, 5) is 21.8. The van der Waals surface area contributed by atoms with Crippen molar-refractivity contribution >= 4 is 17.2 Å². The Labute approximate surface area is 148 Å². The van der Waals surface area contributed by atoms with Crippen LogP contribution in [0.1, 0.15) is 49.0 Å². The van der Waals surface area contributed by atoms with E-state index in [-0.39, 0.29) is 17.4 Å². The normalized spacial score (nSPS) is 27.5. The molecule has 24 heavy (non-hydrogen) atoms. The minimum Gasteiger partial charge on any atom is -0.383 e. The van der Waals surface area contributed by atoms with E-state index in [1.54, 1.807) is 12.6 Å². The SMILES string of the molecule is COC[C@H]1CC2(CCN(C3CCC3)CC2)CN1C(=O)c1cscn1. The summed E-state index contributed by atoms with van der Waals surface area (Å²) in [7, 11) is 1.73. The van der Waals surface area contributed by atoms with Gasteiger partial charge in [-0.15, -0.1) is 11.3 Å². The monoisotopic (exact) mass is 349 g/mol. The highest BCUT2D eigenvalue weighted by Crippen LogP contribution is 2.45. The lowest BCUT2D eigenvalue weighted by Crippen LogP contribution is -2.48. The molecular formula is C18H27N3O2S. The van der Waals surface area contributed by atoms with E-state index >= 15 is 0 Å². The van der Waals surface area contributed by atoms with Gasteiger partial charge in [-0.25, -0.2) is 4.98 Å². The summed E-state index contributed by atoms with van der Waals surface area (Å²) < 4.78 is 5.42. The highest BCUT2D eigenvalue weighted by Gasteiger charge is 2.48. The molecule has 1 atom stereocenters. The van der Waals surface area contributed by atoms with Crippen molar-refractivity contribution in [1.82, 2.24) is 14.8 Å². The van der Waals surface area contributed by atoms with Gasteiger partial charge in [0, 0.05) is 25.1 Å². The van der Waals surface area contributed by atoms with Gasteiger partial charge in [-0.3, -0.25) is 4.79 Å². The van der Waals surface area contributed by atoms with Gasteiger partial charge in [-0.2, -0.15) is 0 Å². The van der Waals surface area contributed by atoms with E-state index < -0.39 is 0 Å². The summed E-state index contributed by atoms with van der Waals surface area (Å²) in [5.41, 5.74) is 2.61. The van der Waals surface area contributed by atoms with E-state index in [0.717, 1.165) is 19.0 Å². The van der Waals surface area contributed by atoms with Crippen LogP contribution in [-0.2, 0) is 4.74 Å². The second kappa shape index (κ2) is 6.73. The number of likely N-dealkylation sites (tertiary alicyclic amines) is 2. The summed E-state index contributed by atoms with van der Waals surface area (Å²) in [6.45, 7) is 3.89. The molecule has 1 aliphatic carbocycles. The molecule has 0 bridgehead atoms. The number of amides is 1. The van der Waals surface area contributed by atoms with Gasteiger partial charge in [0.2, 0.25) is 0 Å². The Kier molecular flexibility index (Phi) is 4.62. The topological polar surface area (TPSA) is 45.7 Å². The van der Waals surface area contributed by atoms with E-state index in [2.05, 4.69) is 9.88 Å². The third-order valence-corrected chi connectivity index (χ3v) is 6.92. The van der Waals surface area contributed by atoms with Gasteiger partial charge in [-0.1, -0.05) is 6.42 Å². The highest BCUT2D eigenvalue weighted by atomic mass is 32.1. The quantitative estimate of drug-likeness (QED) is 0.838. The number of piperidine rings is 1. The summed E-state index contributed by atoms with van der Waals surface area (Å²) >= 11 is 1.48. The van der Waals surface area contributed by atoms with Crippen LogP contribution < -0.4 is 0 Å². The first-order valence-corrected chi connectivity index (χ1v) is 10.1. The molecule has 5 nitrogen and oxygen atoms in total. The average Bonchev–Trinajstić information content (AvgIpc) is 3.17. The zero-order valence-corrected chi connectivity index (χ0v) is 15.3. The van der Waals surface area contributed by atoms with Crippen LogP contribution in [0.2, 0.25) is 0 Å². The lowest BCUT2D eigenvalue weighted by atomic mass is 9.75. The van der Waals surface area contributed by atoms with Crippen LogP contribution in [0.25, 0.3) is 0 Å². The Morgan fingerprint density at radius 1 is 1.42 bits per heavy atom. The number of hydrogen-bond acceptors (Lipinski definition) is 5. The molecule has 2 aliphatic heterocycles. The maximum atomic E-state index is 12.9. The molecule has 1 aromatic heterocycles. The Balaban J connectivity index is 1.45. The largest absolute Gasteiger partial charge is 0.383 e. The van der Waals surface area contributed by atoms with E-state index in [4.69, 9.17) is 4.74 Å². The summed E-state index contributed by atoms with van der Waals surface area (Å²) in [6, 6.07) is 1.03. The van der Waals surface area contributed by atoms with Crippen molar-refractivity contribution in [3.63, 3.8) is 0 Å². The minimum absolute atomic E-state index is 0.0802. The van der Waals surface area contributed by atoms with Crippen molar-refractivity contribution in [2.45, 2.75) is 50.6 Å². The van der Waals surface area contributed by atoms with Gasteiger partial charge in [0.15, 0.2) is 0 Å². The number of aromatic nitrogens is 1. The second-order valence-electron chi connectivity index (χ2n) is 7.74. The molecule has 3 heterocycles. The van der Waals surface area contributed by atoms with Crippen LogP contribution in [0.4, 0.5) is 0 Å². The Hall–Kier alpha value is -0.980. The van der Waals surface area contributed by atoms with Crippen molar-refractivity contribution in [3.05, 3.63) is 16.6 Å². The van der Waals surface area contributed by atoms with Crippen LogP contribution in [0.3, 0.4) is 0 Å². The van der Waals surface area contributed by atoms with Crippen LogP contribution in [0.5, 0.6) is 0 Å². The van der Waals surface area contributed by atoms with Crippen molar-refractivity contribution in [3.8, 4) is 0 Å². The molecule has 1 amide bonds. The predicted octanol–water partition coefficient (Wildman–Crippen LogP) is 2.64. The Morgan fingerprint density at radius 2 is 2.21 bits per heavy atom. The van der Waals surface area contributed by atoms with Gasteiger partial charge < -0.3 is 14.5 Å². The lowest BCUT2D eigenvalue weighted by molar-refractivity contribution is 0.0444. The molecule has 0 N–H and O–H groups in total. The average molecular weight is 350 g/mol. The number of ether oxygens (including phenoxy) is 1. The number of carbonyl (C=O) groups excluding carboxylic acids is 1. The maximum absolute atomic E-state index is 12.9. The number of methoxy groups -OCH3 is 1. The zero-order chi connectivity index (χ0) is 16.6. The third-order valence-electron chi connectivity index (χ3n) is 6.34. The molecule has 0 unspecified atom stereocenters.